The first-order chi connectivity index (χ1) is 9.68. The van der Waals surface area contributed by atoms with Crippen LogP contribution in [0.2, 0.25) is 0 Å². The quantitative estimate of drug-likeness (QED) is 0.490. The van der Waals surface area contributed by atoms with E-state index in [0.29, 0.717) is 6.54 Å². The van der Waals surface area contributed by atoms with Crippen molar-refractivity contribution in [2.45, 2.75) is 6.42 Å². The van der Waals surface area contributed by atoms with Gasteiger partial charge in [-0.15, -0.1) is 0 Å². The van der Waals surface area contributed by atoms with Gasteiger partial charge in [0.15, 0.2) is 0 Å². The molecule has 7 heteroatoms. The lowest BCUT2D eigenvalue weighted by Gasteiger charge is -2.26. The van der Waals surface area contributed by atoms with Crippen LogP contribution in [0, 0.1) is 15.9 Å². The number of rotatable bonds is 6. The molecule has 0 radical (unpaired) electrons. The molecule has 2 rings (SSSR count). The van der Waals surface area contributed by atoms with Gasteiger partial charge in [0.1, 0.15) is 5.69 Å². The Morgan fingerprint density at radius 3 is 2.85 bits per heavy atom. The molecule has 1 fully saturated rings. The van der Waals surface area contributed by atoms with Gasteiger partial charge in [0.05, 0.1) is 18.1 Å². The standard InChI is InChI=1S/C13H18FN3O3/c14-11-3-1-4-12(13(11)17(18)19)15-5-2-6-16-7-9-20-10-8-16/h1,3-4,15H,2,5-10H2. The second-order valence-corrected chi connectivity index (χ2v) is 4.63. The topological polar surface area (TPSA) is 67.6 Å². The Balaban J connectivity index is 1.82. The third-order valence-electron chi connectivity index (χ3n) is 3.24. The Kier molecular flexibility index (Phi) is 5.25. The van der Waals surface area contributed by atoms with Gasteiger partial charge < -0.3 is 10.1 Å². The molecular weight excluding hydrogens is 265 g/mol. The monoisotopic (exact) mass is 283 g/mol. The highest BCUT2D eigenvalue weighted by Crippen LogP contribution is 2.26. The molecule has 1 N–H and O–H groups in total. The van der Waals surface area contributed by atoms with E-state index in [0.717, 1.165) is 45.3 Å². The molecule has 0 atom stereocenters. The van der Waals surface area contributed by atoms with Gasteiger partial charge in [-0.25, -0.2) is 0 Å². The third-order valence-corrected chi connectivity index (χ3v) is 3.24. The summed E-state index contributed by atoms with van der Waals surface area (Å²) in [7, 11) is 0. The molecule has 1 saturated heterocycles. The Labute approximate surface area is 116 Å². The number of benzene rings is 1. The van der Waals surface area contributed by atoms with E-state index in [1.807, 2.05) is 0 Å². The molecule has 0 spiro atoms. The van der Waals surface area contributed by atoms with Crippen molar-refractivity contribution in [1.29, 1.82) is 0 Å². The molecule has 1 heterocycles. The Morgan fingerprint density at radius 2 is 2.15 bits per heavy atom. The van der Waals surface area contributed by atoms with Crippen molar-refractivity contribution >= 4 is 11.4 Å². The van der Waals surface area contributed by atoms with Crippen LogP contribution in [0.3, 0.4) is 0 Å². The Morgan fingerprint density at radius 1 is 1.40 bits per heavy atom. The maximum absolute atomic E-state index is 13.4. The number of halogens is 1. The van der Waals surface area contributed by atoms with Gasteiger partial charge in [-0.3, -0.25) is 15.0 Å². The van der Waals surface area contributed by atoms with Crippen LogP contribution < -0.4 is 5.32 Å². The maximum atomic E-state index is 13.4. The van der Waals surface area contributed by atoms with Crippen molar-refractivity contribution < 1.29 is 14.1 Å². The van der Waals surface area contributed by atoms with Gasteiger partial charge in [0, 0.05) is 19.6 Å². The molecule has 110 valence electrons. The van der Waals surface area contributed by atoms with E-state index in [9.17, 15) is 14.5 Å². The van der Waals surface area contributed by atoms with E-state index < -0.39 is 16.4 Å². The smallest absolute Gasteiger partial charge is 0.327 e. The molecule has 0 aliphatic carbocycles. The normalized spacial score (nSPS) is 16.1. The van der Waals surface area contributed by atoms with E-state index in [2.05, 4.69) is 10.2 Å². The van der Waals surface area contributed by atoms with Crippen molar-refractivity contribution in [2.75, 3.05) is 44.7 Å². The highest BCUT2D eigenvalue weighted by Gasteiger charge is 2.19. The first-order valence-corrected chi connectivity index (χ1v) is 6.65. The predicted octanol–water partition coefficient (Wildman–Crippen LogP) is 1.87. The van der Waals surface area contributed by atoms with E-state index in [-0.39, 0.29) is 5.69 Å². The fraction of sp³-hybridized carbons (Fsp3) is 0.538. The van der Waals surface area contributed by atoms with Crippen molar-refractivity contribution in [1.82, 2.24) is 4.90 Å². The van der Waals surface area contributed by atoms with Crippen LogP contribution >= 0.6 is 0 Å². The van der Waals surface area contributed by atoms with Gasteiger partial charge in [-0.2, -0.15) is 4.39 Å². The first-order valence-electron chi connectivity index (χ1n) is 6.65. The van der Waals surface area contributed by atoms with Gasteiger partial charge in [-0.05, 0) is 25.1 Å². The number of morpholine rings is 1. The molecule has 1 aliphatic rings. The molecule has 6 nitrogen and oxygen atoms in total. The summed E-state index contributed by atoms with van der Waals surface area (Å²) in [6, 6.07) is 4.08. The molecule has 0 amide bonds. The van der Waals surface area contributed by atoms with Gasteiger partial charge >= 0.3 is 5.69 Å². The van der Waals surface area contributed by atoms with Crippen molar-refractivity contribution in [3.63, 3.8) is 0 Å². The number of nitrogens with zero attached hydrogens (tertiary/aromatic N) is 2. The fourth-order valence-electron chi connectivity index (χ4n) is 2.19. The highest BCUT2D eigenvalue weighted by atomic mass is 19.1. The number of nitro groups is 1. The maximum Gasteiger partial charge on any atom is 0.327 e. The average molecular weight is 283 g/mol. The van der Waals surface area contributed by atoms with Crippen LogP contribution in [-0.2, 0) is 4.74 Å². The fourth-order valence-corrected chi connectivity index (χ4v) is 2.19. The third kappa shape index (κ3) is 3.88. The molecule has 0 aromatic heterocycles. The molecule has 0 bridgehead atoms. The van der Waals surface area contributed by atoms with Crippen molar-refractivity contribution in [3.8, 4) is 0 Å². The number of nitro benzene ring substituents is 1. The summed E-state index contributed by atoms with van der Waals surface area (Å²) in [5.41, 5.74) is -0.254. The predicted molar refractivity (Wildman–Crippen MR) is 73.4 cm³/mol. The molecule has 1 aromatic carbocycles. The van der Waals surface area contributed by atoms with Gasteiger partial charge in [0.2, 0.25) is 5.82 Å². The average Bonchev–Trinajstić information content (AvgIpc) is 2.44. The van der Waals surface area contributed by atoms with Crippen molar-refractivity contribution in [2.24, 2.45) is 0 Å². The van der Waals surface area contributed by atoms with Crippen LogP contribution in [0.25, 0.3) is 0 Å². The summed E-state index contributed by atoms with van der Waals surface area (Å²) in [5, 5.41) is 13.8. The number of nitrogens with one attached hydrogen (secondary N) is 1. The zero-order valence-corrected chi connectivity index (χ0v) is 11.2. The lowest BCUT2D eigenvalue weighted by atomic mass is 10.2. The molecule has 1 aromatic rings. The summed E-state index contributed by atoms with van der Waals surface area (Å²) in [6.07, 6.45) is 0.841. The van der Waals surface area contributed by atoms with E-state index >= 15 is 0 Å². The minimum absolute atomic E-state index is 0.233. The number of para-hydroxylation sites is 1. The molecular formula is C13H18FN3O3. The van der Waals surface area contributed by atoms with Crippen LogP contribution in [-0.4, -0.2) is 49.2 Å². The van der Waals surface area contributed by atoms with Crippen molar-refractivity contribution in [3.05, 3.63) is 34.1 Å². The minimum Gasteiger partial charge on any atom is -0.379 e. The van der Waals surface area contributed by atoms with Crippen LogP contribution in [0.1, 0.15) is 6.42 Å². The molecule has 20 heavy (non-hydrogen) atoms. The molecule has 0 unspecified atom stereocenters. The zero-order valence-electron chi connectivity index (χ0n) is 11.2. The first kappa shape index (κ1) is 14.7. The molecule has 0 saturated carbocycles. The largest absolute Gasteiger partial charge is 0.379 e. The van der Waals surface area contributed by atoms with Crippen LogP contribution in [0.15, 0.2) is 18.2 Å². The lowest BCUT2D eigenvalue weighted by molar-refractivity contribution is -0.386. The van der Waals surface area contributed by atoms with E-state index in [4.69, 9.17) is 4.74 Å². The minimum atomic E-state index is -0.812. The summed E-state index contributed by atoms with van der Waals surface area (Å²) >= 11 is 0. The van der Waals surface area contributed by atoms with Gasteiger partial charge in [-0.1, -0.05) is 6.07 Å². The second kappa shape index (κ2) is 7.16. The summed E-state index contributed by atoms with van der Waals surface area (Å²) < 4.78 is 18.7. The number of ether oxygens (including phenoxy) is 1. The Hall–Kier alpha value is -1.73. The van der Waals surface area contributed by atoms with E-state index in [1.54, 1.807) is 0 Å². The zero-order chi connectivity index (χ0) is 14.4. The van der Waals surface area contributed by atoms with Crippen LogP contribution in [0.4, 0.5) is 15.8 Å². The van der Waals surface area contributed by atoms with Crippen LogP contribution in [0.5, 0.6) is 0 Å². The van der Waals surface area contributed by atoms with E-state index in [1.165, 1.54) is 12.1 Å². The number of hydrogen-bond donors (Lipinski definition) is 1. The number of hydrogen-bond acceptors (Lipinski definition) is 5. The Bertz CT molecular complexity index is 464. The molecule has 1 aliphatic heterocycles. The SMILES string of the molecule is O=[N+]([O-])c1c(F)cccc1NCCCN1CCOCC1. The lowest BCUT2D eigenvalue weighted by Crippen LogP contribution is -2.37. The van der Waals surface area contributed by atoms with Gasteiger partial charge in [0.25, 0.3) is 0 Å². The summed E-state index contributed by atoms with van der Waals surface area (Å²) in [5.74, 6) is -0.812. The summed E-state index contributed by atoms with van der Waals surface area (Å²) in [6.45, 7) is 4.81. The second-order valence-electron chi connectivity index (χ2n) is 4.63. The number of anilines is 1. The summed E-state index contributed by atoms with van der Waals surface area (Å²) in [4.78, 5) is 12.4. The highest BCUT2D eigenvalue weighted by molar-refractivity contribution is 5.61.